The van der Waals surface area contributed by atoms with Gasteiger partial charge < -0.3 is 10.2 Å². The molecule has 0 spiro atoms. The van der Waals surface area contributed by atoms with E-state index in [0.29, 0.717) is 5.92 Å². The van der Waals surface area contributed by atoms with Gasteiger partial charge in [0.1, 0.15) is 11.3 Å². The Labute approximate surface area is 251 Å². The fraction of sp³-hybridized carbons (Fsp3) is 0.125. The Kier molecular flexibility index (Phi) is 6.30. The topological polar surface area (TPSA) is 51.5 Å². The zero-order chi connectivity index (χ0) is 28.8. The molecule has 5 aromatic rings. The van der Waals surface area contributed by atoms with Crippen molar-refractivity contribution in [2.75, 3.05) is 0 Å². The van der Waals surface area contributed by atoms with Crippen LogP contribution in [0.3, 0.4) is 0 Å². The van der Waals surface area contributed by atoms with Crippen LogP contribution in [0.25, 0.3) is 38.9 Å². The van der Waals surface area contributed by atoms with E-state index in [1.807, 2.05) is 6.08 Å². The molecule has 0 fully saturated rings. The highest BCUT2D eigenvalue weighted by Gasteiger charge is 2.27. The van der Waals surface area contributed by atoms with Crippen molar-refractivity contribution in [2.45, 2.75) is 24.8 Å². The zero-order valence-corrected chi connectivity index (χ0v) is 23.9. The van der Waals surface area contributed by atoms with Gasteiger partial charge in [-0.15, -0.1) is 0 Å². The Morgan fingerprint density at radius 3 is 2.49 bits per heavy atom. The second-order valence-corrected chi connectivity index (χ2v) is 11.6. The van der Waals surface area contributed by atoms with Crippen LogP contribution in [0, 0.1) is 5.92 Å². The van der Waals surface area contributed by atoms with Crippen molar-refractivity contribution < 1.29 is 4.42 Å². The Hall–Kier alpha value is -5.15. The molecular weight excluding hydrogens is 524 g/mol. The van der Waals surface area contributed by atoms with Crippen LogP contribution in [0.2, 0.25) is 0 Å². The lowest BCUT2D eigenvalue weighted by Gasteiger charge is -2.27. The van der Waals surface area contributed by atoms with Gasteiger partial charge in [-0.3, -0.25) is 4.99 Å². The van der Waals surface area contributed by atoms with Crippen molar-refractivity contribution in [1.82, 2.24) is 0 Å². The minimum atomic E-state index is 0.199. The van der Waals surface area contributed by atoms with Gasteiger partial charge in [0, 0.05) is 33.7 Å². The molecule has 1 aliphatic heterocycles. The van der Waals surface area contributed by atoms with Crippen molar-refractivity contribution in [3.8, 4) is 11.1 Å². The first kappa shape index (κ1) is 25.6. The minimum absolute atomic E-state index is 0.199. The maximum Gasteiger partial charge on any atom is 0.142 e. The highest BCUT2D eigenvalue weighted by atomic mass is 16.3. The summed E-state index contributed by atoms with van der Waals surface area (Å²) in [5.41, 5.74) is 14.8. The molecule has 3 aliphatic rings. The van der Waals surface area contributed by atoms with E-state index in [1.165, 1.54) is 38.6 Å². The molecule has 2 heterocycles. The van der Waals surface area contributed by atoms with Crippen LogP contribution in [0.1, 0.15) is 41.2 Å². The van der Waals surface area contributed by atoms with E-state index < -0.39 is 0 Å². The average molecular weight is 557 g/mol. The summed E-state index contributed by atoms with van der Waals surface area (Å²) in [5.74, 6) is 1.61. The van der Waals surface area contributed by atoms with E-state index in [-0.39, 0.29) is 12.0 Å². The van der Waals surface area contributed by atoms with E-state index in [1.54, 1.807) is 6.20 Å². The molecule has 3 atom stereocenters. The second kappa shape index (κ2) is 10.6. The van der Waals surface area contributed by atoms with Gasteiger partial charge in [-0.25, -0.2) is 0 Å². The summed E-state index contributed by atoms with van der Waals surface area (Å²) in [6.07, 6.45) is 20.9. The summed E-state index contributed by atoms with van der Waals surface area (Å²) in [4.78, 5) is 5.22. The summed E-state index contributed by atoms with van der Waals surface area (Å²) < 4.78 is 6.76. The number of nitrogens with two attached hydrogens (primary N) is 1. The van der Waals surface area contributed by atoms with Gasteiger partial charge in [-0.1, -0.05) is 109 Å². The number of dihydropyridines is 1. The third-order valence-electron chi connectivity index (χ3n) is 9.03. The molecule has 208 valence electrons. The van der Waals surface area contributed by atoms with Crippen molar-refractivity contribution >= 4 is 33.5 Å². The smallest absolute Gasteiger partial charge is 0.142 e. The number of nitrogens with zero attached hydrogens (tertiary/aromatic N) is 1. The molecule has 3 unspecified atom stereocenters. The molecule has 0 bridgehead atoms. The fourth-order valence-corrected chi connectivity index (χ4v) is 6.90. The first-order valence-corrected chi connectivity index (χ1v) is 15.1. The predicted octanol–water partition coefficient (Wildman–Crippen LogP) is 9.50. The normalized spacial score (nSPS) is 21.9. The predicted molar refractivity (Wildman–Crippen MR) is 179 cm³/mol. The number of aliphatic imine (C=N–C) groups is 1. The SMILES string of the molecule is N/C=C\C=C1\C=CC2C=CC(c3cccc(-c4cc5c6c(oc5c5ccccc45)C(c4ccccc4)CC=C6)c3)=NC2C1. The first-order chi connectivity index (χ1) is 21.3. The maximum absolute atomic E-state index is 6.76. The largest absolute Gasteiger partial charge is 0.459 e. The van der Waals surface area contributed by atoms with Crippen molar-refractivity contribution in [3.63, 3.8) is 0 Å². The Bertz CT molecular complexity index is 2050. The molecule has 2 N–H and O–H groups in total. The Balaban J connectivity index is 1.23. The minimum Gasteiger partial charge on any atom is -0.459 e. The van der Waals surface area contributed by atoms with E-state index >= 15 is 0 Å². The molecule has 4 aromatic carbocycles. The number of furan rings is 1. The van der Waals surface area contributed by atoms with E-state index in [9.17, 15) is 0 Å². The van der Waals surface area contributed by atoms with Crippen LogP contribution in [-0.2, 0) is 0 Å². The highest BCUT2D eigenvalue weighted by molar-refractivity contribution is 6.15. The molecule has 2 aliphatic carbocycles. The van der Waals surface area contributed by atoms with Gasteiger partial charge >= 0.3 is 0 Å². The lowest BCUT2D eigenvalue weighted by Crippen LogP contribution is -2.24. The molecule has 0 amide bonds. The zero-order valence-electron chi connectivity index (χ0n) is 23.9. The third kappa shape index (κ3) is 4.49. The van der Waals surface area contributed by atoms with Crippen LogP contribution >= 0.6 is 0 Å². The average Bonchev–Trinajstić information content (AvgIpc) is 3.46. The van der Waals surface area contributed by atoms with E-state index in [0.717, 1.165) is 40.8 Å². The molecule has 0 saturated heterocycles. The van der Waals surface area contributed by atoms with Gasteiger partial charge in [-0.05, 0) is 71.0 Å². The number of rotatable bonds is 4. The van der Waals surface area contributed by atoms with E-state index in [4.69, 9.17) is 15.1 Å². The molecule has 3 heteroatoms. The number of fused-ring (bicyclic) bond motifs is 6. The molecule has 8 rings (SSSR count). The fourth-order valence-electron chi connectivity index (χ4n) is 6.90. The van der Waals surface area contributed by atoms with Gasteiger partial charge in [0.25, 0.3) is 0 Å². The molecule has 1 aromatic heterocycles. The number of allylic oxidation sites excluding steroid dienone is 5. The quantitative estimate of drug-likeness (QED) is 0.240. The molecule has 0 saturated carbocycles. The number of hydrogen-bond acceptors (Lipinski definition) is 3. The van der Waals surface area contributed by atoms with Crippen LogP contribution < -0.4 is 5.73 Å². The van der Waals surface area contributed by atoms with Crippen molar-refractivity contribution in [2.24, 2.45) is 16.6 Å². The highest BCUT2D eigenvalue weighted by Crippen LogP contribution is 2.45. The summed E-state index contributed by atoms with van der Waals surface area (Å²) in [6, 6.07) is 30.7. The van der Waals surface area contributed by atoms with Gasteiger partial charge in [0.05, 0.1) is 11.8 Å². The monoisotopic (exact) mass is 556 g/mol. The summed E-state index contributed by atoms with van der Waals surface area (Å²) >= 11 is 0. The standard InChI is InChI=1S/C40H32N2O/c41-22-8-9-26-18-19-28-20-21-37(42-38(28)23-26)30-13-6-12-29(24-30)35-25-36-34-17-7-16-31(27-10-2-1-3-11-27)39(34)43-40(36)33-15-5-4-14-32(33)35/h1-15,17-22,24-25,28,31,38H,16,23,41H2/b22-8-,26-9-. The van der Waals surface area contributed by atoms with Crippen LogP contribution in [0.4, 0.5) is 0 Å². The summed E-state index contributed by atoms with van der Waals surface area (Å²) in [5, 5.41) is 3.51. The molecule has 3 nitrogen and oxygen atoms in total. The lowest BCUT2D eigenvalue weighted by molar-refractivity contribution is 0.519. The number of benzene rings is 4. The third-order valence-corrected chi connectivity index (χ3v) is 9.03. The molecule has 43 heavy (non-hydrogen) atoms. The lowest BCUT2D eigenvalue weighted by atomic mass is 9.84. The number of hydrogen-bond donors (Lipinski definition) is 1. The van der Waals surface area contributed by atoms with Gasteiger partial charge in [-0.2, -0.15) is 0 Å². The van der Waals surface area contributed by atoms with Crippen molar-refractivity contribution in [3.05, 3.63) is 162 Å². The first-order valence-electron chi connectivity index (χ1n) is 15.1. The Morgan fingerprint density at radius 2 is 1.60 bits per heavy atom. The van der Waals surface area contributed by atoms with E-state index in [2.05, 4.69) is 127 Å². The van der Waals surface area contributed by atoms with Crippen LogP contribution in [0.15, 0.2) is 149 Å². The Morgan fingerprint density at radius 1 is 0.791 bits per heavy atom. The van der Waals surface area contributed by atoms with Crippen LogP contribution in [-0.4, -0.2) is 11.8 Å². The van der Waals surface area contributed by atoms with Gasteiger partial charge in [0.2, 0.25) is 0 Å². The summed E-state index contributed by atoms with van der Waals surface area (Å²) in [6.45, 7) is 0. The maximum atomic E-state index is 6.76. The van der Waals surface area contributed by atoms with Crippen LogP contribution in [0.5, 0.6) is 0 Å². The second-order valence-electron chi connectivity index (χ2n) is 11.6. The summed E-state index contributed by atoms with van der Waals surface area (Å²) in [7, 11) is 0. The molecular formula is C40H32N2O. The molecule has 0 radical (unpaired) electrons. The van der Waals surface area contributed by atoms with Gasteiger partial charge in [0.15, 0.2) is 0 Å². The van der Waals surface area contributed by atoms with Crippen molar-refractivity contribution in [1.29, 1.82) is 0 Å².